The molecule has 0 saturated carbocycles. The zero-order valence-electron chi connectivity index (χ0n) is 10.3. The van der Waals surface area contributed by atoms with Crippen LogP contribution in [0, 0.1) is 5.82 Å². The summed E-state index contributed by atoms with van der Waals surface area (Å²) in [7, 11) is -3.06. The smallest absolute Gasteiger partial charge is 0.149 e. The van der Waals surface area contributed by atoms with Gasteiger partial charge in [0.1, 0.15) is 15.7 Å². The molecule has 4 nitrogen and oxygen atoms in total. The predicted octanol–water partition coefficient (Wildman–Crippen LogP) is 0.560. The summed E-state index contributed by atoms with van der Waals surface area (Å²) in [5, 5.41) is 0. The highest BCUT2D eigenvalue weighted by Gasteiger charge is 2.22. The molecule has 0 saturated heterocycles. The van der Waals surface area contributed by atoms with Crippen LogP contribution in [-0.4, -0.2) is 39.6 Å². The van der Waals surface area contributed by atoms with Crippen LogP contribution < -0.4 is 10.6 Å². The minimum absolute atomic E-state index is 0.0277. The van der Waals surface area contributed by atoms with E-state index in [4.69, 9.17) is 5.73 Å². The topological polar surface area (TPSA) is 63.4 Å². The van der Waals surface area contributed by atoms with Gasteiger partial charge < -0.3 is 10.6 Å². The van der Waals surface area contributed by atoms with E-state index >= 15 is 0 Å². The Labute approximate surface area is 107 Å². The molecule has 1 aliphatic heterocycles. The third kappa shape index (κ3) is 3.20. The van der Waals surface area contributed by atoms with E-state index in [0.29, 0.717) is 6.54 Å². The molecule has 1 heterocycles. The molecule has 0 amide bonds. The van der Waals surface area contributed by atoms with Gasteiger partial charge in [0.05, 0.1) is 5.75 Å². The monoisotopic (exact) mass is 272 g/mol. The van der Waals surface area contributed by atoms with Gasteiger partial charge in [-0.2, -0.15) is 0 Å². The van der Waals surface area contributed by atoms with Crippen molar-refractivity contribution < 1.29 is 12.8 Å². The van der Waals surface area contributed by atoms with Crippen molar-refractivity contribution in [3.8, 4) is 0 Å². The first-order valence-electron chi connectivity index (χ1n) is 5.82. The van der Waals surface area contributed by atoms with E-state index in [2.05, 4.69) is 0 Å². The molecule has 1 aromatic carbocycles. The van der Waals surface area contributed by atoms with Crippen LogP contribution in [0.1, 0.15) is 5.56 Å². The van der Waals surface area contributed by atoms with Crippen molar-refractivity contribution in [2.75, 3.05) is 30.0 Å². The number of nitrogens with zero attached hydrogens (tertiary/aromatic N) is 1. The molecule has 0 fully saturated rings. The molecule has 0 spiro atoms. The molecule has 100 valence electrons. The molecule has 1 atom stereocenters. The van der Waals surface area contributed by atoms with Crippen LogP contribution in [0.2, 0.25) is 0 Å². The lowest BCUT2D eigenvalue weighted by atomic mass is 10.1. The average molecular weight is 272 g/mol. The van der Waals surface area contributed by atoms with Crippen molar-refractivity contribution in [3.63, 3.8) is 0 Å². The number of anilines is 1. The van der Waals surface area contributed by atoms with Crippen molar-refractivity contribution in [2.24, 2.45) is 5.73 Å². The lowest BCUT2D eigenvalue weighted by molar-refractivity contribution is 0.590. The fourth-order valence-corrected chi connectivity index (χ4v) is 3.24. The maximum atomic E-state index is 13.1. The molecule has 2 N–H and O–H groups in total. The third-order valence-corrected chi connectivity index (χ3v) is 4.04. The first kappa shape index (κ1) is 13.3. The van der Waals surface area contributed by atoms with Crippen molar-refractivity contribution in [3.05, 3.63) is 29.6 Å². The highest BCUT2D eigenvalue weighted by atomic mass is 32.2. The summed E-state index contributed by atoms with van der Waals surface area (Å²) < 4.78 is 35.4. The normalized spacial score (nSPS) is 16.7. The van der Waals surface area contributed by atoms with Crippen molar-refractivity contribution >= 4 is 15.5 Å². The van der Waals surface area contributed by atoms with Gasteiger partial charge in [0.15, 0.2) is 0 Å². The number of halogens is 1. The lowest BCUT2D eigenvalue weighted by Crippen LogP contribution is -2.41. The van der Waals surface area contributed by atoms with Gasteiger partial charge in [-0.25, -0.2) is 12.8 Å². The molecule has 0 radical (unpaired) electrons. The largest absolute Gasteiger partial charge is 0.369 e. The number of rotatable bonds is 4. The van der Waals surface area contributed by atoms with E-state index in [1.54, 1.807) is 6.07 Å². The van der Waals surface area contributed by atoms with Crippen LogP contribution in [0.3, 0.4) is 0 Å². The van der Waals surface area contributed by atoms with Gasteiger partial charge in [-0.3, -0.25) is 0 Å². The molecule has 1 aromatic rings. The first-order valence-corrected chi connectivity index (χ1v) is 7.88. The van der Waals surface area contributed by atoms with Gasteiger partial charge in [-0.1, -0.05) is 0 Å². The second-order valence-corrected chi connectivity index (χ2v) is 7.01. The number of hydrogen-bond donors (Lipinski definition) is 1. The molecule has 2 rings (SSSR count). The Morgan fingerprint density at radius 1 is 1.50 bits per heavy atom. The first-order chi connectivity index (χ1) is 8.35. The molecular weight excluding hydrogens is 255 g/mol. The minimum Gasteiger partial charge on any atom is -0.369 e. The second-order valence-electron chi connectivity index (χ2n) is 4.82. The van der Waals surface area contributed by atoms with Gasteiger partial charge >= 0.3 is 0 Å². The molecular formula is C12H17FN2O2S. The summed E-state index contributed by atoms with van der Waals surface area (Å²) in [4.78, 5) is 2.02. The lowest BCUT2D eigenvalue weighted by Gasteiger charge is -2.23. The third-order valence-electron chi connectivity index (χ3n) is 3.01. The van der Waals surface area contributed by atoms with Crippen LogP contribution in [0.15, 0.2) is 18.2 Å². The van der Waals surface area contributed by atoms with Gasteiger partial charge in [0.2, 0.25) is 0 Å². The second kappa shape index (κ2) is 4.85. The Balaban J connectivity index is 2.06. The van der Waals surface area contributed by atoms with Crippen LogP contribution in [0.4, 0.5) is 10.1 Å². The highest BCUT2D eigenvalue weighted by Crippen LogP contribution is 2.28. The number of benzene rings is 1. The zero-order chi connectivity index (χ0) is 13.3. The van der Waals surface area contributed by atoms with E-state index in [1.165, 1.54) is 18.4 Å². The van der Waals surface area contributed by atoms with E-state index in [9.17, 15) is 12.8 Å². The minimum atomic E-state index is -3.06. The number of sulfone groups is 1. The summed E-state index contributed by atoms with van der Waals surface area (Å²) in [6, 6.07) is 4.25. The van der Waals surface area contributed by atoms with Gasteiger partial charge in [-0.15, -0.1) is 0 Å². The summed E-state index contributed by atoms with van der Waals surface area (Å²) in [6.45, 7) is 1.24. The maximum Gasteiger partial charge on any atom is 0.149 e. The quantitative estimate of drug-likeness (QED) is 0.870. The Bertz CT molecular complexity index is 545. The van der Waals surface area contributed by atoms with Crippen molar-refractivity contribution in [1.82, 2.24) is 0 Å². The average Bonchev–Trinajstić information content (AvgIpc) is 2.57. The van der Waals surface area contributed by atoms with E-state index < -0.39 is 15.9 Å². The van der Waals surface area contributed by atoms with Crippen LogP contribution in [0.25, 0.3) is 0 Å². The van der Waals surface area contributed by atoms with Crippen molar-refractivity contribution in [1.29, 1.82) is 0 Å². The number of nitrogens with two attached hydrogens (primary N) is 1. The number of hydrogen-bond acceptors (Lipinski definition) is 4. The fourth-order valence-electron chi connectivity index (χ4n) is 2.35. The Morgan fingerprint density at radius 2 is 2.22 bits per heavy atom. The maximum absolute atomic E-state index is 13.1. The van der Waals surface area contributed by atoms with Crippen LogP contribution in [-0.2, 0) is 16.3 Å². The summed E-state index contributed by atoms with van der Waals surface area (Å²) >= 11 is 0. The Kier molecular flexibility index (Phi) is 3.59. The van der Waals surface area contributed by atoms with Crippen LogP contribution >= 0.6 is 0 Å². The molecule has 0 aliphatic carbocycles. The number of fused-ring (bicyclic) bond motifs is 1. The molecule has 0 unspecified atom stereocenters. The van der Waals surface area contributed by atoms with Gasteiger partial charge in [-0.05, 0) is 30.2 Å². The highest BCUT2D eigenvalue weighted by molar-refractivity contribution is 7.90. The van der Waals surface area contributed by atoms with E-state index in [-0.39, 0.29) is 11.6 Å². The molecule has 0 aromatic heterocycles. The molecule has 1 aliphatic rings. The zero-order valence-corrected chi connectivity index (χ0v) is 11.1. The molecule has 18 heavy (non-hydrogen) atoms. The van der Waals surface area contributed by atoms with Crippen LogP contribution in [0.5, 0.6) is 0 Å². The molecule has 0 bridgehead atoms. The summed E-state index contributed by atoms with van der Waals surface area (Å²) in [5.74, 6) is -0.268. The van der Waals surface area contributed by atoms with Gasteiger partial charge in [0, 0.05) is 31.1 Å². The predicted molar refractivity (Wildman–Crippen MR) is 70.0 cm³/mol. The Hall–Kier alpha value is -1.14. The van der Waals surface area contributed by atoms with E-state index in [1.807, 2.05) is 4.90 Å². The SMILES string of the molecule is CS(=O)(=O)C[C@H](N)CN1CCc2cc(F)ccc21. The fraction of sp³-hybridized carbons (Fsp3) is 0.500. The molecule has 6 heteroatoms. The van der Waals surface area contributed by atoms with Crippen molar-refractivity contribution in [2.45, 2.75) is 12.5 Å². The summed E-state index contributed by atoms with van der Waals surface area (Å²) in [5.41, 5.74) is 7.75. The Morgan fingerprint density at radius 3 is 2.89 bits per heavy atom. The van der Waals surface area contributed by atoms with Gasteiger partial charge in [0.25, 0.3) is 0 Å². The summed E-state index contributed by atoms with van der Waals surface area (Å²) in [6.07, 6.45) is 1.96. The van der Waals surface area contributed by atoms with E-state index in [0.717, 1.165) is 24.2 Å². The standard InChI is InChI=1S/C12H17FN2O2S/c1-18(16,17)8-11(14)7-15-5-4-9-6-10(13)2-3-12(9)15/h2-3,6,11H,4-5,7-8,14H2,1H3/t11-/m1/s1.